The van der Waals surface area contributed by atoms with Crippen LogP contribution in [-0.2, 0) is 27.1 Å². The van der Waals surface area contributed by atoms with Gasteiger partial charge in [-0.3, -0.25) is 0 Å². The summed E-state index contributed by atoms with van der Waals surface area (Å²) in [5.41, 5.74) is 16.3. The van der Waals surface area contributed by atoms with Crippen LogP contribution in [0.25, 0.3) is 10.1 Å². The van der Waals surface area contributed by atoms with Crippen molar-refractivity contribution in [1.82, 2.24) is 0 Å². The first-order valence-corrected chi connectivity index (χ1v) is 24.4. The second-order valence-corrected chi connectivity index (χ2v) is 24.4. The van der Waals surface area contributed by atoms with Crippen LogP contribution in [0.1, 0.15) is 174 Å². The van der Waals surface area contributed by atoms with Gasteiger partial charge in [0, 0.05) is 49.6 Å². The van der Waals surface area contributed by atoms with Gasteiger partial charge in [0.2, 0.25) is 0 Å². The number of anilines is 5. The molecule has 2 atom stereocenters. The van der Waals surface area contributed by atoms with E-state index in [0.717, 1.165) is 50.6 Å². The molecule has 1 saturated carbocycles. The lowest BCUT2D eigenvalue weighted by Crippen LogP contribution is -2.62. The van der Waals surface area contributed by atoms with Gasteiger partial charge in [0.25, 0.3) is 6.71 Å². The molecule has 0 amide bonds. The molecule has 0 N–H and O–H groups in total. The minimum absolute atomic E-state index is 0.0115. The molecule has 2 unspecified atom stereocenters. The molecule has 2 nitrogen and oxygen atoms in total. The van der Waals surface area contributed by atoms with Crippen molar-refractivity contribution in [2.24, 2.45) is 0 Å². The molecule has 0 saturated heterocycles. The lowest BCUT2D eigenvalue weighted by molar-refractivity contribution is 0.332. The zero-order valence-corrected chi connectivity index (χ0v) is 39.9. The van der Waals surface area contributed by atoms with E-state index in [1.165, 1.54) is 82.8 Å². The zero-order chi connectivity index (χ0) is 47.7. The normalized spacial score (nSPS) is 23.8. The van der Waals surface area contributed by atoms with Crippen molar-refractivity contribution in [3.8, 4) is 0 Å². The van der Waals surface area contributed by atoms with E-state index in [0.29, 0.717) is 5.56 Å². The molecule has 2 aliphatic heterocycles. The van der Waals surface area contributed by atoms with Gasteiger partial charge in [-0.1, -0.05) is 143 Å². The summed E-state index contributed by atoms with van der Waals surface area (Å²) in [7, 11) is 0. The van der Waals surface area contributed by atoms with Crippen molar-refractivity contribution in [3.05, 3.63) is 130 Å². The molecule has 6 aromatic rings. The van der Waals surface area contributed by atoms with Crippen LogP contribution >= 0.6 is 11.3 Å². The second-order valence-electron chi connectivity index (χ2n) is 23.3. The number of thiophene rings is 1. The molecule has 318 valence electrons. The smallest absolute Gasteiger partial charge is 0.264 e. The Labute approximate surface area is 384 Å². The van der Waals surface area contributed by atoms with Crippen molar-refractivity contribution < 1.29 is 6.85 Å². The van der Waals surface area contributed by atoms with Gasteiger partial charge in [-0.05, 0) is 152 Å². The average molecular weight is 840 g/mol. The summed E-state index contributed by atoms with van der Waals surface area (Å²) in [5.74, 6) is -0.258. The summed E-state index contributed by atoms with van der Waals surface area (Å²) < 4.78 is 47.5. The first-order chi connectivity index (χ1) is 31.4. The predicted octanol–water partition coefficient (Wildman–Crippen LogP) is 14.4. The van der Waals surface area contributed by atoms with Gasteiger partial charge in [0.05, 0.1) is 12.5 Å². The minimum Gasteiger partial charge on any atom is -0.339 e. The minimum atomic E-state index is -0.325. The maximum absolute atomic E-state index is 9.32. The molecule has 11 rings (SSSR count). The van der Waals surface area contributed by atoms with E-state index in [-0.39, 0.29) is 76.0 Å². The maximum Gasteiger partial charge on any atom is 0.264 e. The number of hydrogen-bond donors (Lipinski definition) is 0. The summed E-state index contributed by atoms with van der Waals surface area (Å²) in [5, 5.41) is 1.33. The molecular weight excluding hydrogens is 768 g/mol. The highest BCUT2D eigenvalue weighted by atomic mass is 32.1. The highest BCUT2D eigenvalue weighted by Crippen LogP contribution is 2.54. The largest absolute Gasteiger partial charge is 0.339 e. The van der Waals surface area contributed by atoms with E-state index in [2.05, 4.69) is 153 Å². The Morgan fingerprint density at radius 3 is 1.89 bits per heavy atom. The fourth-order valence-electron chi connectivity index (χ4n) is 12.5. The molecule has 62 heavy (non-hydrogen) atoms. The standard InChI is InChI=1S/C58H67BN2S/c1-54(2,3)37-24-26-38(27-25-37)60-47-22-17-23-48-51(47)59(53-52(60)40-32-41-44(35-50(40)62-53)58(10,11)31-28-55(41,4)5)45-33-42-43(57(8,9)30-29-56(42,6)7)34-49(45)61(48)46-21-16-15-20-39(46)36-18-13-12-14-19-36/h12-14,17-19,22-27,32-35,39,46H,15-16,20-21,28-31H2,1-11H3/i12D,13D,14D,18D,19D. The molecular formula is C58H67BN2S. The SMILES string of the molecule is [2H]c1c([2H])c([2H])c(C2CCCCC2N2c3cc4c(cc3B3c5sc6cc7c(cc6c5N(c5ccc(C(C)(C)C)cc5)c5cccc2c53)C(C)(C)CCC7(C)C)C(C)(C)CCC4(C)C)c([2H])c1[2H]. The van der Waals surface area contributed by atoms with Gasteiger partial charge in [-0.15, -0.1) is 11.3 Å². The summed E-state index contributed by atoms with van der Waals surface area (Å²) >= 11 is 1.99. The van der Waals surface area contributed by atoms with Gasteiger partial charge in [-0.25, -0.2) is 0 Å². The Bertz CT molecular complexity index is 3040. The monoisotopic (exact) mass is 840 g/mol. The molecule has 0 bridgehead atoms. The summed E-state index contributed by atoms with van der Waals surface area (Å²) in [4.78, 5) is 5.21. The van der Waals surface area contributed by atoms with Gasteiger partial charge >= 0.3 is 0 Å². The van der Waals surface area contributed by atoms with E-state index < -0.39 is 0 Å². The molecule has 3 aliphatic carbocycles. The molecule has 0 spiro atoms. The maximum atomic E-state index is 9.32. The van der Waals surface area contributed by atoms with Crippen molar-refractivity contribution in [1.29, 1.82) is 0 Å². The van der Waals surface area contributed by atoms with Gasteiger partial charge in [0.1, 0.15) is 0 Å². The third-order valence-electron chi connectivity index (χ3n) is 16.5. The van der Waals surface area contributed by atoms with Gasteiger partial charge in [0.15, 0.2) is 0 Å². The number of benzene rings is 5. The fraction of sp³-hybridized carbons (Fsp3) is 0.448. The van der Waals surface area contributed by atoms with Crippen molar-refractivity contribution >= 4 is 72.3 Å². The second kappa shape index (κ2) is 13.6. The summed E-state index contributed by atoms with van der Waals surface area (Å²) in [6.45, 7) is 26.3. The Balaban J connectivity index is 1.24. The average Bonchev–Trinajstić information content (AvgIpc) is 3.66. The number of hydrogen-bond acceptors (Lipinski definition) is 3. The van der Waals surface area contributed by atoms with Crippen LogP contribution in [-0.4, -0.2) is 12.8 Å². The Hall–Kier alpha value is -4.28. The molecule has 3 heterocycles. The zero-order valence-electron chi connectivity index (χ0n) is 44.0. The van der Waals surface area contributed by atoms with E-state index in [4.69, 9.17) is 4.11 Å². The highest BCUT2D eigenvalue weighted by Gasteiger charge is 2.50. The van der Waals surface area contributed by atoms with Crippen molar-refractivity contribution in [3.63, 3.8) is 0 Å². The molecule has 4 heteroatoms. The van der Waals surface area contributed by atoms with E-state index in [1.54, 1.807) is 0 Å². The van der Waals surface area contributed by atoms with Crippen LogP contribution in [0.2, 0.25) is 0 Å². The lowest BCUT2D eigenvalue weighted by Gasteiger charge is -2.50. The molecule has 1 aromatic heterocycles. The molecule has 5 aromatic carbocycles. The third kappa shape index (κ3) is 6.00. The van der Waals surface area contributed by atoms with Crippen molar-refractivity contribution in [2.45, 2.75) is 167 Å². The quantitative estimate of drug-likeness (QED) is 0.164. The van der Waals surface area contributed by atoms with Gasteiger partial charge in [-0.2, -0.15) is 0 Å². The van der Waals surface area contributed by atoms with E-state index in [1.807, 2.05) is 11.3 Å². The topological polar surface area (TPSA) is 6.48 Å². The van der Waals surface area contributed by atoms with E-state index >= 15 is 0 Å². The van der Waals surface area contributed by atoms with Crippen molar-refractivity contribution in [2.75, 3.05) is 9.80 Å². The Morgan fingerprint density at radius 2 is 1.24 bits per heavy atom. The van der Waals surface area contributed by atoms with Gasteiger partial charge < -0.3 is 9.80 Å². The van der Waals surface area contributed by atoms with Crippen LogP contribution in [0.4, 0.5) is 28.4 Å². The van der Waals surface area contributed by atoms with Crippen LogP contribution in [0.15, 0.2) is 96.9 Å². The number of nitrogens with zero attached hydrogens (tertiary/aromatic N) is 2. The highest BCUT2D eigenvalue weighted by molar-refractivity contribution is 7.33. The first kappa shape index (κ1) is 35.1. The van der Waals surface area contributed by atoms with E-state index in [9.17, 15) is 2.74 Å². The van der Waals surface area contributed by atoms with Crippen LogP contribution in [0.5, 0.6) is 0 Å². The number of fused-ring (bicyclic) bond motifs is 8. The summed E-state index contributed by atoms with van der Waals surface area (Å²) in [6, 6.07) is 25.5. The molecule has 5 aliphatic rings. The number of rotatable bonds is 3. The van der Waals surface area contributed by atoms with Crippen LogP contribution in [0.3, 0.4) is 0 Å². The molecule has 1 fully saturated rings. The third-order valence-corrected chi connectivity index (χ3v) is 17.7. The van der Waals surface area contributed by atoms with Crippen LogP contribution < -0.4 is 25.5 Å². The first-order valence-electron chi connectivity index (χ1n) is 26.1. The Kier molecular flexibility index (Phi) is 7.71. The Morgan fingerprint density at radius 1 is 0.661 bits per heavy atom. The lowest BCUT2D eigenvalue weighted by atomic mass is 9.35. The summed E-state index contributed by atoms with van der Waals surface area (Å²) in [6.07, 6.45) is 8.12. The predicted molar refractivity (Wildman–Crippen MR) is 270 cm³/mol. The molecule has 0 radical (unpaired) electrons. The van der Waals surface area contributed by atoms with Crippen LogP contribution in [0, 0.1) is 0 Å². The fourth-order valence-corrected chi connectivity index (χ4v) is 13.8.